The first-order chi connectivity index (χ1) is 8.77. The summed E-state index contributed by atoms with van der Waals surface area (Å²) >= 11 is 0. The topological polar surface area (TPSA) is 92.7 Å². The number of hydrogen-bond acceptors (Lipinski definition) is 4. The van der Waals surface area contributed by atoms with E-state index in [1.807, 2.05) is 0 Å². The van der Waals surface area contributed by atoms with Gasteiger partial charge in [-0.15, -0.1) is 0 Å². The lowest BCUT2D eigenvalue weighted by atomic mass is 10.2. The molecule has 0 aliphatic heterocycles. The summed E-state index contributed by atoms with van der Waals surface area (Å²) in [6, 6.07) is 3.02. The molecule has 0 radical (unpaired) electrons. The summed E-state index contributed by atoms with van der Waals surface area (Å²) in [6.07, 6.45) is -2.83. The van der Waals surface area contributed by atoms with Crippen LogP contribution in [0, 0.1) is 0 Å². The van der Waals surface area contributed by atoms with Crippen molar-refractivity contribution in [1.82, 2.24) is 4.72 Å². The number of alkyl halides is 2. The molecule has 0 atom stereocenters. The minimum Gasteiger partial charge on any atom is -0.495 e. The van der Waals surface area contributed by atoms with Crippen LogP contribution < -0.4 is 9.46 Å². The van der Waals surface area contributed by atoms with Crippen LogP contribution in [-0.2, 0) is 10.0 Å². The van der Waals surface area contributed by atoms with Crippen LogP contribution >= 0.6 is 0 Å². The highest BCUT2D eigenvalue weighted by Gasteiger charge is 2.22. The number of carboxylic acid groups (broad SMARTS) is 1. The number of sulfonamides is 1. The fourth-order valence-electron chi connectivity index (χ4n) is 1.27. The van der Waals surface area contributed by atoms with Crippen LogP contribution in [0.15, 0.2) is 23.1 Å². The molecular weight excluding hydrogens is 284 g/mol. The Kier molecular flexibility index (Phi) is 4.78. The summed E-state index contributed by atoms with van der Waals surface area (Å²) in [4.78, 5) is 10.3. The molecule has 1 rings (SSSR count). The van der Waals surface area contributed by atoms with E-state index >= 15 is 0 Å². The molecule has 0 saturated carbocycles. The molecule has 1 aromatic carbocycles. The van der Waals surface area contributed by atoms with Gasteiger partial charge in [0.05, 0.1) is 19.2 Å². The molecule has 19 heavy (non-hydrogen) atoms. The second kappa shape index (κ2) is 5.93. The molecule has 106 valence electrons. The third kappa shape index (κ3) is 3.86. The molecule has 0 saturated heterocycles. The summed E-state index contributed by atoms with van der Waals surface area (Å²) in [6.45, 7) is -1.04. The molecule has 0 bridgehead atoms. The average molecular weight is 295 g/mol. The van der Waals surface area contributed by atoms with E-state index < -0.39 is 33.9 Å². The summed E-state index contributed by atoms with van der Waals surface area (Å²) in [5.74, 6) is -1.50. The van der Waals surface area contributed by atoms with Gasteiger partial charge in [0.2, 0.25) is 10.0 Å². The van der Waals surface area contributed by atoms with Crippen molar-refractivity contribution in [3.63, 3.8) is 0 Å². The number of hydrogen-bond donors (Lipinski definition) is 2. The Morgan fingerprint density at radius 3 is 2.58 bits per heavy atom. The molecule has 0 amide bonds. The fraction of sp³-hybridized carbons (Fsp3) is 0.300. The molecular formula is C10H11F2NO5S. The maximum atomic E-state index is 12.0. The van der Waals surface area contributed by atoms with E-state index in [0.29, 0.717) is 0 Å². The summed E-state index contributed by atoms with van der Waals surface area (Å²) in [7, 11) is -3.04. The number of halogens is 2. The smallest absolute Gasteiger partial charge is 0.335 e. The van der Waals surface area contributed by atoms with E-state index in [1.165, 1.54) is 0 Å². The van der Waals surface area contributed by atoms with Crippen molar-refractivity contribution in [2.45, 2.75) is 11.3 Å². The Labute approximate surface area is 108 Å². The van der Waals surface area contributed by atoms with Crippen molar-refractivity contribution in [3.8, 4) is 5.75 Å². The van der Waals surface area contributed by atoms with E-state index in [2.05, 4.69) is 0 Å². The monoisotopic (exact) mass is 295 g/mol. The van der Waals surface area contributed by atoms with Gasteiger partial charge in [0, 0.05) is 0 Å². The second-order valence-corrected chi connectivity index (χ2v) is 5.15. The zero-order chi connectivity index (χ0) is 14.6. The van der Waals surface area contributed by atoms with E-state index in [1.54, 1.807) is 4.72 Å². The van der Waals surface area contributed by atoms with E-state index in [4.69, 9.17) is 9.84 Å². The van der Waals surface area contributed by atoms with Crippen molar-refractivity contribution >= 4 is 16.0 Å². The fourth-order valence-corrected chi connectivity index (χ4v) is 2.43. The van der Waals surface area contributed by atoms with Crippen molar-refractivity contribution in [2.24, 2.45) is 0 Å². The van der Waals surface area contributed by atoms with Gasteiger partial charge < -0.3 is 9.84 Å². The zero-order valence-electron chi connectivity index (χ0n) is 9.76. The Hall–Kier alpha value is -1.74. The highest BCUT2D eigenvalue weighted by Crippen LogP contribution is 2.24. The Morgan fingerprint density at radius 1 is 1.47 bits per heavy atom. The minimum absolute atomic E-state index is 0.176. The molecule has 1 aromatic rings. The van der Waals surface area contributed by atoms with Gasteiger partial charge in [-0.05, 0) is 18.2 Å². The summed E-state index contributed by atoms with van der Waals surface area (Å²) < 4.78 is 53.9. The molecule has 0 aliphatic rings. The van der Waals surface area contributed by atoms with E-state index in [0.717, 1.165) is 25.3 Å². The first kappa shape index (κ1) is 15.3. The predicted octanol–water partition coefficient (Wildman–Crippen LogP) is 0.937. The van der Waals surface area contributed by atoms with Gasteiger partial charge in [0.25, 0.3) is 6.43 Å². The van der Waals surface area contributed by atoms with Gasteiger partial charge in [-0.1, -0.05) is 0 Å². The van der Waals surface area contributed by atoms with Gasteiger partial charge in [0.15, 0.2) is 0 Å². The second-order valence-electron chi connectivity index (χ2n) is 3.41. The molecule has 0 fully saturated rings. The van der Waals surface area contributed by atoms with Crippen LogP contribution in [0.25, 0.3) is 0 Å². The maximum Gasteiger partial charge on any atom is 0.335 e. The highest BCUT2D eigenvalue weighted by atomic mass is 32.2. The van der Waals surface area contributed by atoms with Crippen molar-refractivity contribution in [2.75, 3.05) is 13.7 Å². The molecule has 2 N–H and O–H groups in total. The van der Waals surface area contributed by atoms with Gasteiger partial charge in [-0.25, -0.2) is 26.7 Å². The largest absolute Gasteiger partial charge is 0.495 e. The number of methoxy groups -OCH3 is 1. The maximum absolute atomic E-state index is 12.0. The third-order valence-corrected chi connectivity index (χ3v) is 3.59. The lowest BCUT2D eigenvalue weighted by Crippen LogP contribution is -2.29. The molecule has 6 nitrogen and oxygen atoms in total. The van der Waals surface area contributed by atoms with E-state index in [9.17, 15) is 22.0 Å². The van der Waals surface area contributed by atoms with Crippen LogP contribution in [0.5, 0.6) is 5.75 Å². The van der Waals surface area contributed by atoms with Crippen LogP contribution in [0.4, 0.5) is 8.78 Å². The van der Waals surface area contributed by atoms with Gasteiger partial charge in [-0.3, -0.25) is 0 Å². The van der Waals surface area contributed by atoms with Crippen LogP contribution in [-0.4, -0.2) is 39.6 Å². The normalized spacial score (nSPS) is 11.6. The average Bonchev–Trinajstić information content (AvgIpc) is 2.35. The quantitative estimate of drug-likeness (QED) is 0.814. The summed E-state index contributed by atoms with van der Waals surface area (Å²) in [5, 5.41) is 8.75. The highest BCUT2D eigenvalue weighted by molar-refractivity contribution is 7.89. The number of benzene rings is 1. The first-order valence-electron chi connectivity index (χ1n) is 4.97. The number of ether oxygens (including phenoxy) is 1. The molecule has 0 aliphatic carbocycles. The number of aromatic carboxylic acids is 1. The lowest BCUT2D eigenvalue weighted by molar-refractivity contribution is 0.0696. The molecule has 9 heteroatoms. The molecule has 0 spiro atoms. The Balaban J connectivity index is 3.16. The summed E-state index contributed by atoms with van der Waals surface area (Å²) in [5.41, 5.74) is -0.176. The first-order valence-corrected chi connectivity index (χ1v) is 6.45. The lowest BCUT2D eigenvalue weighted by Gasteiger charge is -2.11. The Morgan fingerprint density at radius 2 is 2.11 bits per heavy atom. The van der Waals surface area contributed by atoms with Crippen molar-refractivity contribution in [1.29, 1.82) is 0 Å². The van der Waals surface area contributed by atoms with Gasteiger partial charge in [0.1, 0.15) is 10.6 Å². The van der Waals surface area contributed by atoms with Gasteiger partial charge in [-0.2, -0.15) is 0 Å². The zero-order valence-corrected chi connectivity index (χ0v) is 10.6. The van der Waals surface area contributed by atoms with Crippen molar-refractivity contribution < 1.29 is 31.8 Å². The number of rotatable bonds is 6. The number of carboxylic acids is 1. The SMILES string of the molecule is COc1cc(C(=O)O)ccc1S(=O)(=O)NCC(F)F. The van der Waals surface area contributed by atoms with Gasteiger partial charge >= 0.3 is 5.97 Å². The molecule has 0 heterocycles. The molecule has 0 unspecified atom stereocenters. The minimum atomic E-state index is -4.19. The van der Waals surface area contributed by atoms with E-state index in [-0.39, 0.29) is 11.3 Å². The third-order valence-electron chi connectivity index (χ3n) is 2.13. The van der Waals surface area contributed by atoms with Crippen LogP contribution in [0.3, 0.4) is 0 Å². The Bertz CT molecular complexity index is 573. The number of nitrogens with one attached hydrogen (secondary N) is 1. The molecule has 0 aromatic heterocycles. The standard InChI is InChI=1S/C10H11F2NO5S/c1-18-7-4-6(10(14)15)2-3-8(7)19(16,17)13-5-9(11)12/h2-4,9,13H,5H2,1H3,(H,14,15). The number of carbonyl (C=O) groups is 1. The van der Waals surface area contributed by atoms with Crippen molar-refractivity contribution in [3.05, 3.63) is 23.8 Å². The van der Waals surface area contributed by atoms with Crippen LogP contribution in [0.2, 0.25) is 0 Å². The predicted molar refractivity (Wildman–Crippen MR) is 61.1 cm³/mol. The van der Waals surface area contributed by atoms with Crippen LogP contribution in [0.1, 0.15) is 10.4 Å².